The van der Waals surface area contributed by atoms with Crippen molar-refractivity contribution in [1.29, 1.82) is 0 Å². The third kappa shape index (κ3) is 2.49. The van der Waals surface area contributed by atoms with E-state index in [4.69, 9.17) is 11.6 Å². The van der Waals surface area contributed by atoms with Crippen LogP contribution in [0.5, 0.6) is 0 Å². The minimum Gasteiger partial charge on any atom is -0.264 e. The average Bonchev–Trinajstić information content (AvgIpc) is 3.15. The summed E-state index contributed by atoms with van der Waals surface area (Å²) in [5.41, 5.74) is 4.05. The van der Waals surface area contributed by atoms with Crippen molar-refractivity contribution < 1.29 is 0 Å². The van der Waals surface area contributed by atoms with E-state index in [-0.39, 0.29) is 0 Å². The van der Waals surface area contributed by atoms with Crippen LogP contribution in [0, 0.1) is 0 Å². The van der Waals surface area contributed by atoms with Crippen LogP contribution >= 0.6 is 22.9 Å². The maximum absolute atomic E-state index is 6.02. The molecule has 0 bridgehead atoms. The summed E-state index contributed by atoms with van der Waals surface area (Å²) < 4.78 is 2.72. The van der Waals surface area contributed by atoms with Crippen molar-refractivity contribution in [2.45, 2.75) is 6.54 Å². The fourth-order valence-corrected chi connectivity index (χ4v) is 3.38. The summed E-state index contributed by atoms with van der Waals surface area (Å²) in [5.74, 6) is 0. The monoisotopic (exact) mass is 326 g/mol. The number of rotatable bonds is 3. The van der Waals surface area contributed by atoms with Crippen molar-refractivity contribution >= 4 is 34.0 Å². The zero-order chi connectivity index (χ0) is 14.9. The Morgan fingerprint density at radius 2 is 2.09 bits per heavy atom. The molecule has 0 aliphatic carbocycles. The van der Waals surface area contributed by atoms with Gasteiger partial charge in [-0.2, -0.15) is 5.10 Å². The van der Waals surface area contributed by atoms with E-state index >= 15 is 0 Å². The van der Waals surface area contributed by atoms with E-state index in [9.17, 15) is 0 Å². The van der Waals surface area contributed by atoms with Crippen LogP contribution in [-0.2, 0) is 6.54 Å². The highest BCUT2D eigenvalue weighted by Crippen LogP contribution is 2.31. The lowest BCUT2D eigenvalue weighted by molar-refractivity contribution is 0.710. The normalized spacial score (nSPS) is 11.1. The first-order valence-electron chi connectivity index (χ1n) is 6.76. The molecular weight excluding hydrogens is 316 g/mol. The molecule has 6 heteroatoms. The number of aromatic nitrogens is 4. The van der Waals surface area contributed by atoms with E-state index in [1.54, 1.807) is 23.7 Å². The molecule has 4 aromatic heterocycles. The quantitative estimate of drug-likeness (QED) is 0.565. The van der Waals surface area contributed by atoms with E-state index in [2.05, 4.69) is 21.1 Å². The van der Waals surface area contributed by atoms with Gasteiger partial charge in [0.1, 0.15) is 5.52 Å². The van der Waals surface area contributed by atoms with Crippen LogP contribution in [0.1, 0.15) is 5.56 Å². The van der Waals surface area contributed by atoms with Gasteiger partial charge in [0.25, 0.3) is 0 Å². The highest BCUT2D eigenvalue weighted by Gasteiger charge is 2.08. The second-order valence-electron chi connectivity index (χ2n) is 4.90. The fraction of sp³-hybridized carbons (Fsp3) is 0.0625. The minimum atomic E-state index is 0.674. The van der Waals surface area contributed by atoms with Gasteiger partial charge in [-0.15, -0.1) is 11.3 Å². The van der Waals surface area contributed by atoms with Gasteiger partial charge in [0, 0.05) is 29.0 Å². The molecule has 0 unspecified atom stereocenters. The van der Waals surface area contributed by atoms with Gasteiger partial charge in [-0.05, 0) is 29.8 Å². The molecule has 108 valence electrons. The summed E-state index contributed by atoms with van der Waals surface area (Å²) in [7, 11) is 0. The van der Waals surface area contributed by atoms with E-state index in [0.29, 0.717) is 6.54 Å². The summed E-state index contributed by atoms with van der Waals surface area (Å²) in [5, 5.41) is 4.43. The van der Waals surface area contributed by atoms with Crippen LogP contribution in [0.4, 0.5) is 0 Å². The Bertz CT molecular complexity index is 930. The van der Waals surface area contributed by atoms with Crippen molar-refractivity contribution in [2.75, 3.05) is 0 Å². The highest BCUT2D eigenvalue weighted by molar-refractivity contribution is 7.19. The van der Waals surface area contributed by atoms with Crippen molar-refractivity contribution in [3.63, 3.8) is 0 Å². The topological polar surface area (TPSA) is 43.6 Å². The molecule has 22 heavy (non-hydrogen) atoms. The number of hydrogen-bond acceptors (Lipinski definition) is 4. The van der Waals surface area contributed by atoms with Gasteiger partial charge >= 0.3 is 0 Å². The van der Waals surface area contributed by atoms with Gasteiger partial charge in [0.15, 0.2) is 0 Å². The Kier molecular flexibility index (Phi) is 3.36. The Hall–Kier alpha value is -2.24. The number of thiophene rings is 1. The highest BCUT2D eigenvalue weighted by atomic mass is 35.5. The van der Waals surface area contributed by atoms with Gasteiger partial charge in [-0.3, -0.25) is 14.6 Å². The maximum atomic E-state index is 6.02. The summed E-state index contributed by atoms with van der Waals surface area (Å²) in [6, 6.07) is 9.99. The molecular formula is C16H11ClN4S. The summed E-state index contributed by atoms with van der Waals surface area (Å²) in [6.45, 7) is 0.674. The fourth-order valence-electron chi connectivity index (χ4n) is 2.35. The SMILES string of the molecule is Clc1ccc(-c2cnc3cnn(Cc4cccnc4)c3c2)s1. The van der Waals surface area contributed by atoms with Gasteiger partial charge in [-0.25, -0.2) is 0 Å². The second kappa shape index (κ2) is 5.51. The lowest BCUT2D eigenvalue weighted by atomic mass is 10.2. The molecule has 0 spiro atoms. The van der Waals surface area contributed by atoms with Gasteiger partial charge in [0.05, 0.1) is 22.6 Å². The lowest BCUT2D eigenvalue weighted by Gasteiger charge is -2.04. The molecule has 0 aliphatic heterocycles. The molecule has 4 aromatic rings. The average molecular weight is 327 g/mol. The van der Waals surface area contributed by atoms with Crippen molar-refractivity contribution in [1.82, 2.24) is 19.7 Å². The largest absolute Gasteiger partial charge is 0.264 e. The third-order valence-electron chi connectivity index (χ3n) is 3.41. The van der Waals surface area contributed by atoms with Gasteiger partial charge in [-0.1, -0.05) is 17.7 Å². The molecule has 4 heterocycles. The van der Waals surface area contributed by atoms with Crippen molar-refractivity contribution in [2.24, 2.45) is 0 Å². The van der Waals surface area contributed by atoms with Gasteiger partial charge < -0.3 is 0 Å². The molecule has 0 N–H and O–H groups in total. The summed E-state index contributed by atoms with van der Waals surface area (Å²) in [4.78, 5) is 9.74. The zero-order valence-corrected chi connectivity index (χ0v) is 13.1. The van der Waals surface area contributed by atoms with Crippen molar-refractivity contribution in [3.05, 3.63) is 65.0 Å². The first-order chi connectivity index (χ1) is 10.8. The smallest absolute Gasteiger partial charge is 0.108 e. The van der Waals surface area contributed by atoms with Gasteiger partial charge in [0.2, 0.25) is 0 Å². The number of fused-ring (bicyclic) bond motifs is 1. The number of nitrogens with zero attached hydrogens (tertiary/aromatic N) is 4. The molecule has 0 fully saturated rings. The zero-order valence-electron chi connectivity index (χ0n) is 11.5. The molecule has 0 aromatic carbocycles. The Morgan fingerprint density at radius 1 is 1.14 bits per heavy atom. The van der Waals surface area contributed by atoms with E-state index in [0.717, 1.165) is 31.4 Å². The molecule has 0 amide bonds. The Labute approximate surface area is 136 Å². The Balaban J connectivity index is 1.76. The summed E-state index contributed by atoms with van der Waals surface area (Å²) in [6.07, 6.45) is 7.27. The third-order valence-corrected chi connectivity index (χ3v) is 4.69. The molecule has 0 radical (unpaired) electrons. The van der Waals surface area contributed by atoms with E-state index in [1.165, 1.54) is 0 Å². The van der Waals surface area contributed by atoms with Crippen LogP contribution in [-0.4, -0.2) is 19.7 Å². The van der Waals surface area contributed by atoms with Crippen LogP contribution < -0.4 is 0 Å². The molecule has 4 nitrogen and oxygen atoms in total. The molecule has 0 aliphatic rings. The first-order valence-corrected chi connectivity index (χ1v) is 7.95. The second-order valence-corrected chi connectivity index (χ2v) is 6.61. The predicted octanol–water partition coefficient (Wildman–Crippen LogP) is 4.26. The van der Waals surface area contributed by atoms with Crippen molar-refractivity contribution in [3.8, 4) is 10.4 Å². The first kappa shape index (κ1) is 13.4. The van der Waals surface area contributed by atoms with Crippen LogP contribution in [0.2, 0.25) is 4.34 Å². The van der Waals surface area contributed by atoms with Crippen LogP contribution in [0.25, 0.3) is 21.5 Å². The predicted molar refractivity (Wildman–Crippen MR) is 89.2 cm³/mol. The van der Waals surface area contributed by atoms with Crippen LogP contribution in [0.3, 0.4) is 0 Å². The molecule has 4 rings (SSSR count). The molecule has 0 atom stereocenters. The number of pyridine rings is 2. The van der Waals surface area contributed by atoms with E-state index < -0.39 is 0 Å². The lowest BCUT2D eigenvalue weighted by Crippen LogP contribution is -2.01. The molecule has 0 saturated carbocycles. The molecule has 0 saturated heterocycles. The van der Waals surface area contributed by atoms with Crippen LogP contribution in [0.15, 0.2) is 55.1 Å². The standard InChI is InChI=1S/C16H11ClN4S/c17-16-4-3-15(22-16)12-6-14-13(19-8-12)9-20-21(14)10-11-2-1-5-18-7-11/h1-9H,10H2. The number of halogens is 1. The minimum absolute atomic E-state index is 0.674. The summed E-state index contributed by atoms with van der Waals surface area (Å²) >= 11 is 7.57. The Morgan fingerprint density at radius 3 is 2.86 bits per heavy atom. The van der Waals surface area contributed by atoms with E-state index in [1.807, 2.05) is 41.3 Å². The maximum Gasteiger partial charge on any atom is 0.108 e. The number of hydrogen-bond donors (Lipinski definition) is 0.